The van der Waals surface area contributed by atoms with Crippen molar-refractivity contribution < 1.29 is 23.9 Å². The third-order valence-electron chi connectivity index (χ3n) is 1.82. The van der Waals surface area contributed by atoms with Crippen molar-refractivity contribution in [3.63, 3.8) is 0 Å². The molecule has 0 heterocycles. The molecule has 0 unspecified atom stereocenters. The number of nitrogens with one attached hydrogen (secondary N) is 1. The van der Waals surface area contributed by atoms with Crippen LogP contribution in [0.3, 0.4) is 0 Å². The fourth-order valence-corrected chi connectivity index (χ4v) is 1.58. The summed E-state index contributed by atoms with van der Waals surface area (Å²) in [5.74, 6) is -1.28. The van der Waals surface area contributed by atoms with Gasteiger partial charge in [0.2, 0.25) is 11.7 Å². The molecule has 0 saturated heterocycles. The number of Topliss-reactive ketones (excluding diaryl/α,β-unsaturated/α-hetero) is 1. The molecule has 0 bridgehead atoms. The first-order chi connectivity index (χ1) is 8.51. The predicted octanol–water partition coefficient (Wildman–Crippen LogP) is 0.295. The van der Waals surface area contributed by atoms with Gasteiger partial charge in [0, 0.05) is 18.7 Å². The van der Waals surface area contributed by atoms with E-state index in [4.69, 9.17) is 0 Å². The Morgan fingerprint density at radius 2 is 1.83 bits per heavy atom. The highest BCUT2D eigenvalue weighted by atomic mass is 32.2. The Hall–Kier alpha value is -1.37. The van der Waals surface area contributed by atoms with E-state index in [0.717, 1.165) is 11.8 Å². The number of carbonyl (C=O) groups excluding carboxylic acids is 4. The summed E-state index contributed by atoms with van der Waals surface area (Å²) in [6.45, 7) is 3.83. The molecule has 102 valence electrons. The minimum Gasteiger partial charge on any atom is -0.466 e. The first-order valence-electron chi connectivity index (χ1n) is 5.63. The molecule has 1 amide bonds. The molecule has 0 atom stereocenters. The van der Waals surface area contributed by atoms with Crippen LogP contribution in [0.1, 0.15) is 26.7 Å². The maximum atomic E-state index is 11.3. The number of hydrogen-bond donors (Lipinski definition) is 1. The SMILES string of the molecule is CCOC(=O)CC(=O)C(=O)SCCNC(=O)CC. The first kappa shape index (κ1) is 16.6. The largest absolute Gasteiger partial charge is 0.466 e. The maximum absolute atomic E-state index is 11.3. The van der Waals surface area contributed by atoms with Crippen molar-refractivity contribution in [1.29, 1.82) is 0 Å². The van der Waals surface area contributed by atoms with E-state index in [1.807, 2.05) is 0 Å². The molecule has 0 aromatic rings. The Morgan fingerprint density at radius 3 is 2.39 bits per heavy atom. The second-order valence-electron chi connectivity index (χ2n) is 3.24. The summed E-state index contributed by atoms with van der Waals surface area (Å²) >= 11 is 0.786. The number of rotatable bonds is 8. The summed E-state index contributed by atoms with van der Waals surface area (Å²) in [6.07, 6.45) is -0.151. The van der Waals surface area contributed by atoms with Crippen molar-refractivity contribution in [1.82, 2.24) is 5.32 Å². The second kappa shape index (κ2) is 9.64. The smallest absolute Gasteiger partial charge is 0.313 e. The third kappa shape index (κ3) is 7.83. The monoisotopic (exact) mass is 275 g/mol. The maximum Gasteiger partial charge on any atom is 0.313 e. The number of ketones is 1. The zero-order chi connectivity index (χ0) is 14.0. The minimum absolute atomic E-state index is 0.110. The third-order valence-corrected chi connectivity index (χ3v) is 2.71. The number of hydrogen-bond acceptors (Lipinski definition) is 6. The summed E-state index contributed by atoms with van der Waals surface area (Å²) in [7, 11) is 0. The van der Waals surface area contributed by atoms with E-state index in [1.165, 1.54) is 0 Å². The van der Waals surface area contributed by atoms with E-state index in [-0.39, 0.29) is 12.5 Å². The Kier molecular flexibility index (Phi) is 8.91. The van der Waals surface area contributed by atoms with Gasteiger partial charge in [-0.2, -0.15) is 0 Å². The van der Waals surface area contributed by atoms with Gasteiger partial charge in [-0.15, -0.1) is 0 Å². The highest BCUT2D eigenvalue weighted by Gasteiger charge is 2.18. The standard InChI is InChI=1S/C11H17NO5S/c1-3-9(14)12-5-6-18-11(16)8(13)7-10(15)17-4-2/h3-7H2,1-2H3,(H,12,14). The van der Waals surface area contributed by atoms with Gasteiger partial charge in [0.05, 0.1) is 6.61 Å². The van der Waals surface area contributed by atoms with Crippen LogP contribution in [0.25, 0.3) is 0 Å². The van der Waals surface area contributed by atoms with E-state index in [9.17, 15) is 19.2 Å². The summed E-state index contributed by atoms with van der Waals surface area (Å²) in [6, 6.07) is 0. The van der Waals surface area contributed by atoms with Gasteiger partial charge in [-0.3, -0.25) is 19.2 Å². The number of carbonyl (C=O) groups is 4. The predicted molar refractivity (Wildman–Crippen MR) is 67.0 cm³/mol. The van der Waals surface area contributed by atoms with Crippen LogP contribution in [0.2, 0.25) is 0 Å². The lowest BCUT2D eigenvalue weighted by atomic mass is 10.3. The fraction of sp³-hybridized carbons (Fsp3) is 0.636. The molecule has 0 spiro atoms. The quantitative estimate of drug-likeness (QED) is 0.296. The van der Waals surface area contributed by atoms with Crippen molar-refractivity contribution >= 4 is 34.5 Å². The number of esters is 1. The molecule has 0 aliphatic heterocycles. The van der Waals surface area contributed by atoms with Crippen molar-refractivity contribution in [3.8, 4) is 0 Å². The van der Waals surface area contributed by atoms with Crippen LogP contribution >= 0.6 is 11.8 Å². The molecule has 6 nitrogen and oxygen atoms in total. The lowest BCUT2D eigenvalue weighted by Crippen LogP contribution is -2.25. The molecule has 0 radical (unpaired) electrons. The molecule has 0 aromatic carbocycles. The van der Waals surface area contributed by atoms with Gasteiger partial charge >= 0.3 is 5.97 Å². The fourth-order valence-electron chi connectivity index (χ4n) is 0.955. The average Bonchev–Trinajstić information content (AvgIpc) is 2.34. The van der Waals surface area contributed by atoms with Crippen LogP contribution in [-0.2, 0) is 23.9 Å². The molecule has 0 fully saturated rings. The summed E-state index contributed by atoms with van der Waals surface area (Å²) in [5.41, 5.74) is 0. The van der Waals surface area contributed by atoms with Gasteiger partial charge in [0.15, 0.2) is 0 Å². The first-order valence-corrected chi connectivity index (χ1v) is 6.62. The Balaban J connectivity index is 3.78. The zero-order valence-electron chi connectivity index (χ0n) is 10.5. The minimum atomic E-state index is -0.778. The van der Waals surface area contributed by atoms with Crippen LogP contribution in [0, 0.1) is 0 Å². The van der Waals surface area contributed by atoms with E-state index in [2.05, 4.69) is 10.1 Å². The molecular weight excluding hydrogens is 258 g/mol. The summed E-state index contributed by atoms with van der Waals surface area (Å²) < 4.78 is 4.56. The Bertz CT molecular complexity index is 329. The average molecular weight is 275 g/mol. The van der Waals surface area contributed by atoms with Crippen molar-refractivity contribution in [2.75, 3.05) is 18.9 Å². The van der Waals surface area contributed by atoms with E-state index < -0.39 is 23.3 Å². The molecule has 18 heavy (non-hydrogen) atoms. The molecule has 0 rings (SSSR count). The number of amides is 1. The highest BCUT2D eigenvalue weighted by Crippen LogP contribution is 2.04. The zero-order valence-corrected chi connectivity index (χ0v) is 11.3. The summed E-state index contributed by atoms with van der Waals surface area (Å²) in [5, 5.41) is 1.89. The molecular formula is C11H17NO5S. The lowest BCUT2D eigenvalue weighted by molar-refractivity contribution is -0.147. The van der Waals surface area contributed by atoms with Crippen LogP contribution in [0.15, 0.2) is 0 Å². The highest BCUT2D eigenvalue weighted by molar-refractivity contribution is 8.15. The molecule has 0 saturated carbocycles. The molecule has 0 aliphatic rings. The van der Waals surface area contributed by atoms with E-state index >= 15 is 0 Å². The van der Waals surface area contributed by atoms with Gasteiger partial charge in [-0.1, -0.05) is 18.7 Å². The number of ether oxygens (including phenoxy) is 1. The van der Waals surface area contributed by atoms with Crippen LogP contribution in [0.5, 0.6) is 0 Å². The normalized spacial score (nSPS) is 9.67. The molecule has 7 heteroatoms. The molecule has 1 N–H and O–H groups in total. The Labute approximate surface area is 110 Å². The summed E-state index contributed by atoms with van der Waals surface area (Å²) in [4.78, 5) is 44.4. The van der Waals surface area contributed by atoms with Crippen LogP contribution in [-0.4, -0.2) is 41.7 Å². The van der Waals surface area contributed by atoms with Gasteiger partial charge in [-0.25, -0.2) is 0 Å². The van der Waals surface area contributed by atoms with Gasteiger partial charge in [-0.05, 0) is 6.92 Å². The Morgan fingerprint density at radius 1 is 1.17 bits per heavy atom. The molecule has 0 aliphatic carbocycles. The van der Waals surface area contributed by atoms with E-state index in [0.29, 0.717) is 18.7 Å². The van der Waals surface area contributed by atoms with Gasteiger partial charge < -0.3 is 10.1 Å². The van der Waals surface area contributed by atoms with Crippen LogP contribution < -0.4 is 5.32 Å². The van der Waals surface area contributed by atoms with E-state index in [1.54, 1.807) is 13.8 Å². The number of thioether (sulfide) groups is 1. The van der Waals surface area contributed by atoms with Crippen molar-refractivity contribution in [2.45, 2.75) is 26.7 Å². The van der Waals surface area contributed by atoms with Crippen molar-refractivity contribution in [3.05, 3.63) is 0 Å². The topological polar surface area (TPSA) is 89.5 Å². The van der Waals surface area contributed by atoms with Gasteiger partial charge in [0.25, 0.3) is 5.12 Å². The molecule has 0 aromatic heterocycles. The van der Waals surface area contributed by atoms with Gasteiger partial charge in [0.1, 0.15) is 6.42 Å². The van der Waals surface area contributed by atoms with Crippen LogP contribution in [0.4, 0.5) is 0 Å². The van der Waals surface area contributed by atoms with Crippen molar-refractivity contribution in [2.24, 2.45) is 0 Å². The lowest BCUT2D eigenvalue weighted by Gasteiger charge is -2.02. The second-order valence-corrected chi connectivity index (χ2v) is 4.31.